The molecule has 0 fully saturated rings. The summed E-state index contributed by atoms with van der Waals surface area (Å²) in [5.41, 5.74) is 1.97. The number of nitrogens with one attached hydrogen (secondary N) is 1. The lowest BCUT2D eigenvalue weighted by Gasteiger charge is -2.03. The van der Waals surface area contributed by atoms with Crippen LogP contribution < -0.4 is 5.32 Å². The van der Waals surface area contributed by atoms with E-state index in [2.05, 4.69) is 10.3 Å². The minimum absolute atomic E-state index is 0.308. The number of aryl methyl sites for hydroxylation is 3. The number of amides is 1. The molecule has 0 bridgehead atoms. The van der Waals surface area contributed by atoms with E-state index < -0.39 is 0 Å². The summed E-state index contributed by atoms with van der Waals surface area (Å²) in [6.45, 7) is 1.68. The van der Waals surface area contributed by atoms with E-state index in [0.717, 1.165) is 25.0 Å². The summed E-state index contributed by atoms with van der Waals surface area (Å²) in [7, 11) is 0. The van der Waals surface area contributed by atoms with Crippen LogP contribution in [0.5, 0.6) is 0 Å². The van der Waals surface area contributed by atoms with Gasteiger partial charge in [-0.1, -0.05) is 12.5 Å². The number of halogens is 1. The molecule has 1 aliphatic carbocycles. The van der Waals surface area contributed by atoms with Crippen molar-refractivity contribution >= 4 is 22.4 Å². The van der Waals surface area contributed by atoms with Gasteiger partial charge in [0.15, 0.2) is 5.13 Å². The van der Waals surface area contributed by atoms with E-state index in [1.165, 1.54) is 23.8 Å². The number of hydrogen-bond donors (Lipinski definition) is 1. The van der Waals surface area contributed by atoms with Crippen molar-refractivity contribution in [1.82, 2.24) is 4.98 Å². The summed E-state index contributed by atoms with van der Waals surface area (Å²) in [6, 6.07) is 4.51. The first-order valence-corrected chi connectivity index (χ1v) is 8.01. The fraction of sp³-hybridized carbons (Fsp3) is 0.375. The van der Waals surface area contributed by atoms with Crippen molar-refractivity contribution in [2.24, 2.45) is 0 Å². The second-order valence-electron chi connectivity index (χ2n) is 5.37. The van der Waals surface area contributed by atoms with Gasteiger partial charge in [0.2, 0.25) is 0 Å². The van der Waals surface area contributed by atoms with E-state index in [1.54, 1.807) is 30.4 Å². The van der Waals surface area contributed by atoms with Gasteiger partial charge < -0.3 is 0 Å². The molecule has 0 unspecified atom stereocenters. The molecule has 0 radical (unpaired) electrons. The lowest BCUT2D eigenvalue weighted by atomic mass is 10.1. The van der Waals surface area contributed by atoms with Gasteiger partial charge >= 0.3 is 0 Å². The van der Waals surface area contributed by atoms with E-state index in [0.29, 0.717) is 16.3 Å². The zero-order valence-electron chi connectivity index (χ0n) is 11.9. The molecule has 0 saturated carbocycles. The topological polar surface area (TPSA) is 42.0 Å². The molecule has 0 spiro atoms. The Labute approximate surface area is 127 Å². The summed E-state index contributed by atoms with van der Waals surface area (Å²) < 4.78 is 13.5. The number of thiazole rings is 1. The highest BCUT2D eigenvalue weighted by atomic mass is 32.1. The number of hydrogen-bond acceptors (Lipinski definition) is 3. The second-order valence-corrected chi connectivity index (χ2v) is 6.45. The van der Waals surface area contributed by atoms with Crippen LogP contribution in [0.1, 0.15) is 45.8 Å². The van der Waals surface area contributed by atoms with Crippen molar-refractivity contribution < 1.29 is 9.18 Å². The Balaban J connectivity index is 1.77. The maximum atomic E-state index is 13.5. The molecular formula is C16H17FN2OS. The van der Waals surface area contributed by atoms with E-state index in [-0.39, 0.29) is 11.7 Å². The Bertz CT molecular complexity index is 657. The molecule has 21 heavy (non-hydrogen) atoms. The SMILES string of the molecule is Cc1ccc(C(=O)Nc2nc3c(s2)CCCCC3)cc1F. The number of benzene rings is 1. The number of rotatable bonds is 2. The predicted octanol–water partition coefficient (Wildman–Crippen LogP) is 4.11. The van der Waals surface area contributed by atoms with Crippen molar-refractivity contribution in [3.8, 4) is 0 Å². The Morgan fingerprint density at radius 1 is 1.29 bits per heavy atom. The number of nitrogens with zero attached hydrogens (tertiary/aromatic N) is 1. The number of carbonyl (C=O) groups excluding carboxylic acids is 1. The fourth-order valence-electron chi connectivity index (χ4n) is 2.49. The summed E-state index contributed by atoms with van der Waals surface area (Å²) in [5.74, 6) is -0.671. The van der Waals surface area contributed by atoms with Gasteiger partial charge in [-0.2, -0.15) is 0 Å². The van der Waals surface area contributed by atoms with Crippen molar-refractivity contribution in [2.45, 2.75) is 39.0 Å². The summed E-state index contributed by atoms with van der Waals surface area (Å²) in [4.78, 5) is 17.9. The zero-order chi connectivity index (χ0) is 14.8. The number of anilines is 1. The lowest BCUT2D eigenvalue weighted by Crippen LogP contribution is -2.12. The van der Waals surface area contributed by atoms with Crippen LogP contribution in [0.2, 0.25) is 0 Å². The van der Waals surface area contributed by atoms with Crippen molar-refractivity contribution in [3.05, 3.63) is 45.7 Å². The Kier molecular flexibility index (Phi) is 4.01. The molecule has 0 aliphatic heterocycles. The molecule has 1 amide bonds. The minimum Gasteiger partial charge on any atom is -0.298 e. The first kappa shape index (κ1) is 14.2. The van der Waals surface area contributed by atoms with Gasteiger partial charge in [-0.05, 0) is 50.3 Å². The predicted molar refractivity (Wildman–Crippen MR) is 82.5 cm³/mol. The quantitative estimate of drug-likeness (QED) is 0.848. The summed E-state index contributed by atoms with van der Waals surface area (Å²) >= 11 is 1.54. The monoisotopic (exact) mass is 304 g/mol. The van der Waals surface area contributed by atoms with Gasteiger partial charge in [0.1, 0.15) is 5.82 Å². The fourth-order valence-corrected chi connectivity index (χ4v) is 3.53. The Hall–Kier alpha value is -1.75. The molecule has 1 aromatic heterocycles. The van der Waals surface area contributed by atoms with E-state index in [1.807, 2.05) is 0 Å². The van der Waals surface area contributed by atoms with Crippen molar-refractivity contribution in [1.29, 1.82) is 0 Å². The highest BCUT2D eigenvalue weighted by Gasteiger charge is 2.16. The minimum atomic E-state index is -0.363. The average Bonchev–Trinajstić information content (AvgIpc) is 2.70. The maximum absolute atomic E-state index is 13.5. The molecule has 0 atom stereocenters. The maximum Gasteiger partial charge on any atom is 0.257 e. The molecule has 0 saturated heterocycles. The second kappa shape index (κ2) is 5.93. The Morgan fingerprint density at radius 3 is 2.90 bits per heavy atom. The molecular weight excluding hydrogens is 287 g/mol. The van der Waals surface area contributed by atoms with Crippen molar-refractivity contribution in [3.63, 3.8) is 0 Å². The van der Waals surface area contributed by atoms with Gasteiger partial charge in [-0.25, -0.2) is 9.37 Å². The molecule has 110 valence electrons. The molecule has 1 aliphatic rings. The number of fused-ring (bicyclic) bond motifs is 1. The van der Waals surface area contributed by atoms with Gasteiger partial charge in [0, 0.05) is 10.4 Å². The van der Waals surface area contributed by atoms with E-state index in [9.17, 15) is 9.18 Å². The normalized spacial score (nSPS) is 14.4. The Morgan fingerprint density at radius 2 is 2.10 bits per heavy atom. The van der Waals surface area contributed by atoms with Crippen LogP contribution in [-0.4, -0.2) is 10.9 Å². The first-order valence-electron chi connectivity index (χ1n) is 7.19. The summed E-state index contributed by atoms with van der Waals surface area (Å²) in [6.07, 6.45) is 5.62. The van der Waals surface area contributed by atoms with Crippen LogP contribution in [0.3, 0.4) is 0 Å². The molecule has 1 heterocycles. The van der Waals surface area contributed by atoms with Crippen LogP contribution in [-0.2, 0) is 12.8 Å². The third-order valence-electron chi connectivity index (χ3n) is 3.75. The van der Waals surface area contributed by atoms with Crippen LogP contribution in [0.25, 0.3) is 0 Å². The highest BCUT2D eigenvalue weighted by molar-refractivity contribution is 7.15. The molecule has 1 aromatic carbocycles. The number of carbonyl (C=O) groups is 1. The smallest absolute Gasteiger partial charge is 0.257 e. The highest BCUT2D eigenvalue weighted by Crippen LogP contribution is 2.29. The van der Waals surface area contributed by atoms with Crippen LogP contribution in [0, 0.1) is 12.7 Å². The molecule has 2 aromatic rings. The number of aromatic nitrogens is 1. The van der Waals surface area contributed by atoms with Gasteiger partial charge in [0.25, 0.3) is 5.91 Å². The summed E-state index contributed by atoms with van der Waals surface area (Å²) in [5, 5.41) is 3.40. The van der Waals surface area contributed by atoms with E-state index >= 15 is 0 Å². The third kappa shape index (κ3) is 3.13. The molecule has 1 N–H and O–H groups in total. The third-order valence-corrected chi connectivity index (χ3v) is 4.82. The van der Waals surface area contributed by atoms with Crippen molar-refractivity contribution in [2.75, 3.05) is 5.32 Å². The van der Waals surface area contributed by atoms with Crippen LogP contribution in [0.15, 0.2) is 18.2 Å². The van der Waals surface area contributed by atoms with Gasteiger partial charge in [-0.15, -0.1) is 11.3 Å². The van der Waals surface area contributed by atoms with Crippen LogP contribution >= 0.6 is 11.3 Å². The lowest BCUT2D eigenvalue weighted by molar-refractivity contribution is 0.102. The molecule has 5 heteroatoms. The molecule has 3 rings (SSSR count). The largest absolute Gasteiger partial charge is 0.298 e. The molecule has 3 nitrogen and oxygen atoms in total. The zero-order valence-corrected chi connectivity index (χ0v) is 12.7. The van der Waals surface area contributed by atoms with Crippen LogP contribution in [0.4, 0.5) is 9.52 Å². The van der Waals surface area contributed by atoms with Gasteiger partial charge in [-0.3, -0.25) is 10.1 Å². The van der Waals surface area contributed by atoms with Gasteiger partial charge in [0.05, 0.1) is 5.69 Å². The first-order chi connectivity index (χ1) is 10.1. The van der Waals surface area contributed by atoms with E-state index in [4.69, 9.17) is 0 Å². The average molecular weight is 304 g/mol. The standard InChI is InChI=1S/C16H17FN2OS/c1-10-7-8-11(9-12(10)17)15(20)19-16-18-13-5-3-2-4-6-14(13)21-16/h7-9H,2-6H2,1H3,(H,18,19,20).